The average molecular weight is 285 g/mol. The largest absolute Gasteiger partial charge is 0.383 e. The summed E-state index contributed by atoms with van der Waals surface area (Å²) in [6.45, 7) is 3.84. The number of ether oxygens (including phenoxy) is 1. The number of rotatable bonds is 11. The minimum absolute atomic E-state index is 0.462. The Morgan fingerprint density at radius 2 is 2.00 bits per heavy atom. The quantitative estimate of drug-likeness (QED) is 0.570. The van der Waals surface area contributed by atoms with Crippen molar-refractivity contribution in [3.8, 4) is 0 Å². The van der Waals surface area contributed by atoms with Crippen LogP contribution in [-0.4, -0.2) is 57.4 Å². The van der Waals surface area contributed by atoms with Crippen LogP contribution in [0.25, 0.3) is 0 Å². The monoisotopic (exact) mass is 285 g/mol. The molecule has 0 bridgehead atoms. The fourth-order valence-corrected chi connectivity index (χ4v) is 3.15. The van der Waals surface area contributed by atoms with Crippen molar-refractivity contribution in [2.75, 3.05) is 40.4 Å². The van der Waals surface area contributed by atoms with E-state index in [4.69, 9.17) is 10.5 Å². The molecule has 1 atom stereocenters. The van der Waals surface area contributed by atoms with E-state index in [2.05, 4.69) is 17.3 Å². The van der Waals surface area contributed by atoms with Crippen molar-refractivity contribution < 1.29 is 4.74 Å². The van der Waals surface area contributed by atoms with Crippen LogP contribution in [0, 0.1) is 0 Å². The van der Waals surface area contributed by atoms with E-state index in [9.17, 15) is 0 Å². The molecule has 0 aromatic carbocycles. The summed E-state index contributed by atoms with van der Waals surface area (Å²) in [6, 6.07) is 1.29. The maximum atomic E-state index is 5.57. The maximum absolute atomic E-state index is 5.57. The first-order valence-corrected chi connectivity index (χ1v) is 8.40. The van der Waals surface area contributed by atoms with Crippen molar-refractivity contribution in [1.29, 1.82) is 0 Å². The van der Waals surface area contributed by atoms with Crippen LogP contribution in [0.4, 0.5) is 0 Å². The zero-order chi connectivity index (χ0) is 14.6. The maximum Gasteiger partial charge on any atom is 0.0615 e. The van der Waals surface area contributed by atoms with Crippen molar-refractivity contribution in [2.45, 2.75) is 63.5 Å². The fraction of sp³-hybridized carbons (Fsp3) is 1.00. The number of methoxy groups -OCH3 is 1. The van der Waals surface area contributed by atoms with Gasteiger partial charge in [-0.15, -0.1) is 0 Å². The zero-order valence-electron chi connectivity index (χ0n) is 13.6. The van der Waals surface area contributed by atoms with Gasteiger partial charge in [0.1, 0.15) is 0 Å². The van der Waals surface area contributed by atoms with Gasteiger partial charge in [0.2, 0.25) is 0 Å². The first kappa shape index (κ1) is 17.9. The van der Waals surface area contributed by atoms with E-state index in [0.29, 0.717) is 6.04 Å². The Balaban J connectivity index is 2.08. The van der Waals surface area contributed by atoms with E-state index >= 15 is 0 Å². The summed E-state index contributed by atoms with van der Waals surface area (Å²) in [5.41, 5.74) is 5.57. The number of nitrogens with zero attached hydrogens (tertiary/aromatic N) is 1. The van der Waals surface area contributed by atoms with Crippen molar-refractivity contribution in [2.24, 2.45) is 5.73 Å². The lowest BCUT2D eigenvalue weighted by Crippen LogP contribution is -2.38. The Kier molecular flexibility index (Phi) is 10.3. The van der Waals surface area contributed by atoms with Crippen LogP contribution < -0.4 is 11.1 Å². The van der Waals surface area contributed by atoms with Gasteiger partial charge in [0.25, 0.3) is 0 Å². The van der Waals surface area contributed by atoms with Crippen LogP contribution >= 0.6 is 0 Å². The van der Waals surface area contributed by atoms with E-state index in [0.717, 1.165) is 38.6 Å². The SMILES string of the molecule is COCC(CCCN)NCCCN(C)C1CCCCC1. The number of hydrogen-bond donors (Lipinski definition) is 2. The minimum atomic E-state index is 0.462. The molecule has 1 unspecified atom stereocenters. The van der Waals surface area contributed by atoms with E-state index in [1.165, 1.54) is 45.1 Å². The molecule has 4 heteroatoms. The molecule has 1 aliphatic carbocycles. The molecule has 120 valence electrons. The number of nitrogens with one attached hydrogen (secondary N) is 1. The Labute approximate surface area is 125 Å². The van der Waals surface area contributed by atoms with Gasteiger partial charge in [-0.25, -0.2) is 0 Å². The number of nitrogens with two attached hydrogens (primary N) is 1. The summed E-state index contributed by atoms with van der Waals surface area (Å²) in [4.78, 5) is 2.56. The molecule has 0 radical (unpaired) electrons. The molecule has 0 heterocycles. The first-order chi connectivity index (χ1) is 9.77. The predicted octanol–water partition coefficient (Wildman–Crippen LogP) is 1.98. The van der Waals surface area contributed by atoms with Gasteiger partial charge in [0.15, 0.2) is 0 Å². The third kappa shape index (κ3) is 7.58. The van der Waals surface area contributed by atoms with Crippen LogP contribution in [-0.2, 0) is 4.74 Å². The lowest BCUT2D eigenvalue weighted by molar-refractivity contribution is 0.158. The summed E-state index contributed by atoms with van der Waals surface area (Å²) in [6.07, 6.45) is 10.5. The third-order valence-electron chi connectivity index (χ3n) is 4.44. The van der Waals surface area contributed by atoms with Crippen LogP contribution in [0.2, 0.25) is 0 Å². The lowest BCUT2D eigenvalue weighted by Gasteiger charge is -2.31. The first-order valence-electron chi connectivity index (χ1n) is 8.40. The van der Waals surface area contributed by atoms with E-state index in [1.54, 1.807) is 7.11 Å². The molecule has 0 aliphatic heterocycles. The summed E-state index contributed by atoms with van der Waals surface area (Å²) in [5, 5.41) is 3.61. The predicted molar refractivity (Wildman–Crippen MR) is 86.1 cm³/mol. The van der Waals surface area contributed by atoms with Crippen molar-refractivity contribution in [3.63, 3.8) is 0 Å². The molecule has 4 nitrogen and oxygen atoms in total. The Morgan fingerprint density at radius 1 is 1.25 bits per heavy atom. The average Bonchev–Trinajstić information content (AvgIpc) is 2.49. The van der Waals surface area contributed by atoms with E-state index < -0.39 is 0 Å². The standard InChI is InChI=1S/C16H35N3O/c1-19(16-9-4-3-5-10-16)13-7-12-18-15(14-20-2)8-6-11-17/h15-16,18H,3-14,17H2,1-2H3. The molecule has 3 N–H and O–H groups in total. The molecule has 1 fully saturated rings. The minimum Gasteiger partial charge on any atom is -0.383 e. The molecule has 0 spiro atoms. The van der Waals surface area contributed by atoms with E-state index in [1.807, 2.05) is 0 Å². The van der Waals surface area contributed by atoms with Gasteiger partial charge in [-0.05, 0) is 58.8 Å². The van der Waals surface area contributed by atoms with Crippen molar-refractivity contribution in [1.82, 2.24) is 10.2 Å². The van der Waals surface area contributed by atoms with Crippen molar-refractivity contribution >= 4 is 0 Å². The summed E-state index contributed by atoms with van der Waals surface area (Å²) < 4.78 is 5.26. The highest BCUT2D eigenvalue weighted by Crippen LogP contribution is 2.21. The van der Waals surface area contributed by atoms with Gasteiger partial charge in [0, 0.05) is 19.2 Å². The molecule has 20 heavy (non-hydrogen) atoms. The molecule has 0 aromatic heterocycles. The van der Waals surface area contributed by atoms with Crippen LogP contribution in [0.15, 0.2) is 0 Å². The highest BCUT2D eigenvalue weighted by atomic mass is 16.5. The highest BCUT2D eigenvalue weighted by molar-refractivity contribution is 4.74. The van der Waals surface area contributed by atoms with Gasteiger partial charge in [-0.2, -0.15) is 0 Å². The second kappa shape index (κ2) is 11.5. The molecule has 0 amide bonds. The summed E-state index contributed by atoms with van der Waals surface area (Å²) in [7, 11) is 4.06. The molecule has 0 saturated heterocycles. The molecular weight excluding hydrogens is 250 g/mol. The second-order valence-electron chi connectivity index (χ2n) is 6.16. The number of hydrogen-bond acceptors (Lipinski definition) is 4. The smallest absolute Gasteiger partial charge is 0.0615 e. The molecule has 1 aliphatic rings. The zero-order valence-corrected chi connectivity index (χ0v) is 13.6. The van der Waals surface area contributed by atoms with Crippen LogP contribution in [0.5, 0.6) is 0 Å². The lowest BCUT2D eigenvalue weighted by atomic mass is 9.94. The third-order valence-corrected chi connectivity index (χ3v) is 4.44. The molecule has 1 rings (SSSR count). The Bertz CT molecular complexity index is 216. The normalized spacial score (nSPS) is 18.6. The van der Waals surface area contributed by atoms with Crippen molar-refractivity contribution in [3.05, 3.63) is 0 Å². The van der Waals surface area contributed by atoms with Gasteiger partial charge < -0.3 is 20.7 Å². The second-order valence-corrected chi connectivity index (χ2v) is 6.16. The topological polar surface area (TPSA) is 50.5 Å². The van der Waals surface area contributed by atoms with Gasteiger partial charge >= 0.3 is 0 Å². The van der Waals surface area contributed by atoms with Gasteiger partial charge in [0.05, 0.1) is 6.61 Å². The van der Waals surface area contributed by atoms with Gasteiger partial charge in [-0.1, -0.05) is 19.3 Å². The molecular formula is C16H35N3O. The van der Waals surface area contributed by atoms with Crippen LogP contribution in [0.3, 0.4) is 0 Å². The summed E-state index contributed by atoms with van der Waals surface area (Å²) >= 11 is 0. The Morgan fingerprint density at radius 3 is 2.65 bits per heavy atom. The van der Waals surface area contributed by atoms with E-state index in [-0.39, 0.29) is 0 Å². The fourth-order valence-electron chi connectivity index (χ4n) is 3.15. The molecule has 0 aromatic rings. The van der Waals surface area contributed by atoms with Crippen LogP contribution in [0.1, 0.15) is 51.4 Å². The summed E-state index contributed by atoms with van der Waals surface area (Å²) in [5.74, 6) is 0. The highest BCUT2D eigenvalue weighted by Gasteiger charge is 2.17. The Hall–Kier alpha value is -0.160. The van der Waals surface area contributed by atoms with Gasteiger partial charge in [-0.3, -0.25) is 0 Å². The molecule has 1 saturated carbocycles.